The zero-order chi connectivity index (χ0) is 15.8. The first-order valence-electron chi connectivity index (χ1n) is 6.52. The molecule has 0 bridgehead atoms. The summed E-state index contributed by atoms with van der Waals surface area (Å²) in [6, 6.07) is 3.85. The van der Waals surface area contributed by atoms with Crippen molar-refractivity contribution in [3.8, 4) is 5.75 Å². The van der Waals surface area contributed by atoms with E-state index in [1.807, 2.05) is 0 Å². The highest BCUT2D eigenvalue weighted by Gasteiger charge is 2.07. The summed E-state index contributed by atoms with van der Waals surface area (Å²) in [5, 5.41) is 5.19. The minimum absolute atomic E-state index is 0.0655. The van der Waals surface area contributed by atoms with Gasteiger partial charge in [-0.15, -0.1) is 0 Å². The second-order valence-corrected chi connectivity index (χ2v) is 5.07. The molecule has 0 aliphatic rings. The van der Waals surface area contributed by atoms with Gasteiger partial charge in [0.25, 0.3) is 5.91 Å². The van der Waals surface area contributed by atoms with Crippen LogP contribution in [0.4, 0.5) is 4.39 Å². The van der Waals surface area contributed by atoms with Gasteiger partial charge in [-0.3, -0.25) is 9.59 Å². The van der Waals surface area contributed by atoms with Crippen molar-refractivity contribution in [1.29, 1.82) is 0 Å². The van der Waals surface area contributed by atoms with Crippen molar-refractivity contribution in [2.75, 3.05) is 19.7 Å². The molecular weight excluding hydrogens is 299 g/mol. The van der Waals surface area contributed by atoms with Crippen LogP contribution in [0.5, 0.6) is 5.75 Å². The Morgan fingerprint density at radius 3 is 2.57 bits per heavy atom. The molecule has 2 N–H and O–H groups in total. The van der Waals surface area contributed by atoms with Gasteiger partial charge in [-0.2, -0.15) is 0 Å². The number of hydrogen-bond donors (Lipinski definition) is 2. The molecule has 0 unspecified atom stereocenters. The molecule has 0 atom stereocenters. The minimum atomic E-state index is -0.547. The highest BCUT2D eigenvalue weighted by Crippen LogP contribution is 2.20. The normalized spacial score (nSPS) is 10.3. The predicted octanol–water partition coefficient (Wildman–Crippen LogP) is 1.75. The molecule has 116 valence electrons. The number of nitrogens with one attached hydrogen (secondary N) is 2. The number of rotatable bonds is 7. The van der Waals surface area contributed by atoms with Crippen LogP contribution >= 0.6 is 11.6 Å². The number of hydrogen-bond acceptors (Lipinski definition) is 3. The van der Waals surface area contributed by atoms with E-state index < -0.39 is 5.82 Å². The number of benzene rings is 1. The van der Waals surface area contributed by atoms with Gasteiger partial charge in [-0.25, -0.2) is 4.39 Å². The van der Waals surface area contributed by atoms with E-state index in [2.05, 4.69) is 10.6 Å². The van der Waals surface area contributed by atoms with Crippen molar-refractivity contribution in [2.24, 2.45) is 5.92 Å². The fourth-order valence-corrected chi connectivity index (χ4v) is 1.53. The quantitative estimate of drug-likeness (QED) is 0.753. The maximum atomic E-state index is 12.9. The van der Waals surface area contributed by atoms with Crippen LogP contribution in [0, 0.1) is 11.7 Å². The lowest BCUT2D eigenvalue weighted by Crippen LogP contribution is -2.38. The summed E-state index contributed by atoms with van der Waals surface area (Å²) in [7, 11) is 0. The average Bonchev–Trinajstić information content (AvgIpc) is 2.44. The number of amides is 2. The summed E-state index contributed by atoms with van der Waals surface area (Å²) in [4.78, 5) is 22.8. The maximum absolute atomic E-state index is 12.9. The first kappa shape index (κ1) is 17.2. The summed E-state index contributed by atoms with van der Waals surface area (Å²) in [5.41, 5.74) is 0. The van der Waals surface area contributed by atoms with Crippen LogP contribution < -0.4 is 15.4 Å². The van der Waals surface area contributed by atoms with E-state index in [0.29, 0.717) is 18.8 Å². The molecule has 2 amide bonds. The summed E-state index contributed by atoms with van der Waals surface area (Å²) in [6.07, 6.45) is 0. The summed E-state index contributed by atoms with van der Waals surface area (Å²) in [6.45, 7) is 4.03. The Balaban J connectivity index is 2.22. The molecule has 0 fully saturated rings. The first-order chi connectivity index (χ1) is 9.90. The van der Waals surface area contributed by atoms with Gasteiger partial charge >= 0.3 is 0 Å². The highest BCUT2D eigenvalue weighted by atomic mass is 35.5. The van der Waals surface area contributed by atoms with Crippen LogP contribution in [0.1, 0.15) is 13.8 Å². The molecular formula is C14H18ClFN2O3. The number of halogens is 2. The Morgan fingerprint density at radius 1 is 1.29 bits per heavy atom. The molecule has 0 aliphatic carbocycles. The third kappa shape index (κ3) is 6.44. The second kappa shape index (κ2) is 8.46. The number of carbonyl (C=O) groups is 2. The zero-order valence-corrected chi connectivity index (χ0v) is 12.7. The molecule has 0 heterocycles. The number of carbonyl (C=O) groups excluding carboxylic acids is 2. The predicted molar refractivity (Wildman–Crippen MR) is 77.8 cm³/mol. The van der Waals surface area contributed by atoms with Gasteiger partial charge in [0.2, 0.25) is 5.91 Å². The van der Waals surface area contributed by atoms with Crippen LogP contribution in [-0.2, 0) is 9.59 Å². The van der Waals surface area contributed by atoms with Crippen LogP contribution in [-0.4, -0.2) is 31.5 Å². The molecule has 0 aliphatic heterocycles. The van der Waals surface area contributed by atoms with Gasteiger partial charge in [0, 0.05) is 25.1 Å². The summed E-state index contributed by atoms with van der Waals surface area (Å²) >= 11 is 5.59. The van der Waals surface area contributed by atoms with Crippen molar-refractivity contribution in [3.63, 3.8) is 0 Å². The molecule has 7 heteroatoms. The summed E-state index contributed by atoms with van der Waals surface area (Å²) < 4.78 is 18.1. The molecule has 1 aromatic carbocycles. The largest absolute Gasteiger partial charge is 0.484 e. The Kier molecular flexibility index (Phi) is 6.94. The Bertz CT molecular complexity index is 509. The Labute approximate surface area is 127 Å². The lowest BCUT2D eigenvalue weighted by molar-refractivity contribution is -0.125. The van der Waals surface area contributed by atoms with Crippen LogP contribution in [0.3, 0.4) is 0 Å². The maximum Gasteiger partial charge on any atom is 0.258 e. The van der Waals surface area contributed by atoms with Gasteiger partial charge in [-0.1, -0.05) is 25.4 Å². The fourth-order valence-electron chi connectivity index (χ4n) is 1.36. The van der Waals surface area contributed by atoms with Crippen molar-refractivity contribution in [2.45, 2.75) is 13.8 Å². The third-order valence-electron chi connectivity index (χ3n) is 2.53. The molecule has 21 heavy (non-hydrogen) atoms. The van der Waals surface area contributed by atoms with Crippen LogP contribution in [0.2, 0.25) is 5.02 Å². The Morgan fingerprint density at radius 2 is 1.95 bits per heavy atom. The topological polar surface area (TPSA) is 67.4 Å². The van der Waals surface area contributed by atoms with E-state index in [9.17, 15) is 14.0 Å². The van der Waals surface area contributed by atoms with Gasteiger partial charge in [-0.05, 0) is 12.1 Å². The standard InChI is InChI=1S/C14H18ClFN2O3/c1-9(2)14(20)18-6-5-17-13(19)8-21-10-3-4-12(16)11(15)7-10/h3-4,7,9H,5-6,8H2,1-2H3,(H,17,19)(H,18,20). The number of ether oxygens (including phenoxy) is 1. The van der Waals surface area contributed by atoms with E-state index in [0.717, 1.165) is 6.07 Å². The molecule has 1 rings (SSSR count). The van der Waals surface area contributed by atoms with Crippen LogP contribution in [0.15, 0.2) is 18.2 Å². The van der Waals surface area contributed by atoms with E-state index in [1.165, 1.54) is 12.1 Å². The monoisotopic (exact) mass is 316 g/mol. The minimum Gasteiger partial charge on any atom is -0.484 e. The molecule has 1 aromatic rings. The van der Waals surface area contributed by atoms with Crippen molar-refractivity contribution in [3.05, 3.63) is 29.0 Å². The van der Waals surface area contributed by atoms with Crippen molar-refractivity contribution in [1.82, 2.24) is 10.6 Å². The molecule has 0 saturated heterocycles. The molecule has 0 radical (unpaired) electrons. The third-order valence-corrected chi connectivity index (χ3v) is 2.82. The smallest absolute Gasteiger partial charge is 0.258 e. The lowest BCUT2D eigenvalue weighted by Gasteiger charge is -2.09. The molecule has 0 spiro atoms. The molecule has 0 aromatic heterocycles. The average molecular weight is 317 g/mol. The molecule has 0 saturated carbocycles. The van der Waals surface area contributed by atoms with E-state index >= 15 is 0 Å². The summed E-state index contributed by atoms with van der Waals surface area (Å²) in [5.74, 6) is -0.734. The highest BCUT2D eigenvalue weighted by molar-refractivity contribution is 6.30. The van der Waals surface area contributed by atoms with Crippen molar-refractivity contribution >= 4 is 23.4 Å². The van der Waals surface area contributed by atoms with E-state index in [4.69, 9.17) is 16.3 Å². The first-order valence-corrected chi connectivity index (χ1v) is 6.90. The van der Waals surface area contributed by atoms with Gasteiger partial charge in [0.15, 0.2) is 6.61 Å². The Hall–Kier alpha value is -1.82. The van der Waals surface area contributed by atoms with Gasteiger partial charge in [0.1, 0.15) is 11.6 Å². The fraction of sp³-hybridized carbons (Fsp3) is 0.429. The zero-order valence-electron chi connectivity index (χ0n) is 11.9. The molecule has 5 nitrogen and oxygen atoms in total. The van der Waals surface area contributed by atoms with Crippen LogP contribution in [0.25, 0.3) is 0 Å². The second-order valence-electron chi connectivity index (χ2n) is 4.66. The van der Waals surface area contributed by atoms with Crippen molar-refractivity contribution < 1.29 is 18.7 Å². The lowest BCUT2D eigenvalue weighted by atomic mass is 10.2. The SMILES string of the molecule is CC(C)C(=O)NCCNC(=O)COc1ccc(F)c(Cl)c1. The van der Waals surface area contributed by atoms with E-state index in [1.54, 1.807) is 13.8 Å². The van der Waals surface area contributed by atoms with Gasteiger partial charge in [0.05, 0.1) is 5.02 Å². The van der Waals surface area contributed by atoms with Gasteiger partial charge < -0.3 is 15.4 Å². The van der Waals surface area contributed by atoms with E-state index in [-0.39, 0.29) is 29.4 Å².